The predicted molar refractivity (Wildman–Crippen MR) is 106 cm³/mol. The molecule has 0 unspecified atom stereocenters. The fourth-order valence-corrected chi connectivity index (χ4v) is 2.60. The van der Waals surface area contributed by atoms with Crippen LogP contribution in [0.25, 0.3) is 0 Å². The van der Waals surface area contributed by atoms with Gasteiger partial charge in [0.25, 0.3) is 0 Å². The van der Waals surface area contributed by atoms with Gasteiger partial charge in [-0.1, -0.05) is 12.1 Å². The monoisotopic (exact) mass is 409 g/mol. The maximum atomic E-state index is 12.2. The Labute approximate surface area is 160 Å². The zero-order valence-corrected chi connectivity index (χ0v) is 15.6. The van der Waals surface area contributed by atoms with E-state index in [1.54, 1.807) is 49.7 Å². The maximum absolute atomic E-state index is 12.2. The van der Waals surface area contributed by atoms with Gasteiger partial charge in [0.05, 0.1) is 18.4 Å². The molecule has 3 aromatic carbocycles. The van der Waals surface area contributed by atoms with Crippen LogP contribution in [0.3, 0.4) is 0 Å². The van der Waals surface area contributed by atoms with Crippen molar-refractivity contribution in [3.8, 4) is 11.5 Å². The van der Waals surface area contributed by atoms with E-state index >= 15 is 0 Å². The molecule has 3 aromatic rings. The van der Waals surface area contributed by atoms with Crippen molar-refractivity contribution >= 4 is 33.8 Å². The number of esters is 1. The highest BCUT2D eigenvalue weighted by Gasteiger charge is 2.08. The van der Waals surface area contributed by atoms with Gasteiger partial charge in [-0.05, 0) is 82.2 Å². The standard InChI is InChI=1S/C21H16BrNO3/c1-25-17-12-8-16(9-13-17)21(24)26-18-10-6-15(7-11-18)14-23-20-5-3-2-4-19(20)22/h2-14H,1H3. The van der Waals surface area contributed by atoms with Crippen LogP contribution in [-0.4, -0.2) is 19.3 Å². The molecule has 5 heteroatoms. The molecule has 0 aliphatic heterocycles. The Bertz CT molecular complexity index is 919. The van der Waals surface area contributed by atoms with Crippen molar-refractivity contribution in [2.75, 3.05) is 7.11 Å². The van der Waals surface area contributed by atoms with Crippen molar-refractivity contribution < 1.29 is 14.3 Å². The Morgan fingerprint density at radius 3 is 2.23 bits per heavy atom. The molecule has 130 valence electrons. The fourth-order valence-electron chi connectivity index (χ4n) is 2.22. The Kier molecular flexibility index (Phi) is 5.81. The first-order valence-corrected chi connectivity index (χ1v) is 8.70. The van der Waals surface area contributed by atoms with Gasteiger partial charge in [-0.25, -0.2) is 4.79 Å². The van der Waals surface area contributed by atoms with E-state index in [2.05, 4.69) is 20.9 Å². The summed E-state index contributed by atoms with van der Waals surface area (Å²) in [6, 6.07) is 21.7. The van der Waals surface area contributed by atoms with Crippen LogP contribution in [-0.2, 0) is 0 Å². The third-order valence-electron chi connectivity index (χ3n) is 3.62. The lowest BCUT2D eigenvalue weighted by molar-refractivity contribution is 0.0734. The summed E-state index contributed by atoms with van der Waals surface area (Å²) < 4.78 is 11.4. The molecule has 0 fully saturated rings. The lowest BCUT2D eigenvalue weighted by Crippen LogP contribution is -2.08. The first-order valence-electron chi connectivity index (χ1n) is 7.90. The van der Waals surface area contributed by atoms with Crippen LogP contribution < -0.4 is 9.47 Å². The highest BCUT2D eigenvalue weighted by molar-refractivity contribution is 9.10. The number of carbonyl (C=O) groups excluding carboxylic acids is 1. The topological polar surface area (TPSA) is 47.9 Å². The molecule has 0 bridgehead atoms. The van der Waals surface area contributed by atoms with Crippen LogP contribution in [0.2, 0.25) is 0 Å². The molecule has 0 atom stereocenters. The molecular weight excluding hydrogens is 394 g/mol. The average molecular weight is 410 g/mol. The van der Waals surface area contributed by atoms with Gasteiger partial charge in [0, 0.05) is 10.7 Å². The number of ether oxygens (including phenoxy) is 2. The molecule has 26 heavy (non-hydrogen) atoms. The van der Waals surface area contributed by atoms with Crippen LogP contribution in [0.5, 0.6) is 11.5 Å². The SMILES string of the molecule is COc1ccc(C(=O)Oc2ccc(C=Nc3ccccc3Br)cc2)cc1. The minimum absolute atomic E-state index is 0.415. The van der Waals surface area contributed by atoms with E-state index in [9.17, 15) is 4.79 Å². The number of hydrogen-bond acceptors (Lipinski definition) is 4. The summed E-state index contributed by atoms with van der Waals surface area (Å²) in [6.07, 6.45) is 1.76. The lowest BCUT2D eigenvalue weighted by atomic mass is 10.2. The summed E-state index contributed by atoms with van der Waals surface area (Å²) in [5.41, 5.74) is 2.22. The molecule has 0 amide bonds. The van der Waals surface area contributed by atoms with Crippen LogP contribution in [0.1, 0.15) is 15.9 Å². The van der Waals surface area contributed by atoms with E-state index in [0.29, 0.717) is 17.1 Å². The number of benzene rings is 3. The van der Waals surface area contributed by atoms with Gasteiger partial charge in [-0.3, -0.25) is 4.99 Å². The number of hydrogen-bond donors (Lipinski definition) is 0. The Morgan fingerprint density at radius 1 is 0.923 bits per heavy atom. The Hall–Kier alpha value is -2.92. The Morgan fingerprint density at radius 2 is 1.58 bits per heavy atom. The van der Waals surface area contributed by atoms with E-state index < -0.39 is 5.97 Å². The Balaban J connectivity index is 1.65. The molecular formula is C21H16BrNO3. The molecule has 0 aromatic heterocycles. The molecule has 0 aliphatic rings. The first kappa shape index (κ1) is 17.9. The van der Waals surface area contributed by atoms with Crippen LogP contribution in [0, 0.1) is 0 Å². The fraction of sp³-hybridized carbons (Fsp3) is 0.0476. The summed E-state index contributed by atoms with van der Waals surface area (Å²) in [5, 5.41) is 0. The van der Waals surface area contributed by atoms with Gasteiger partial charge in [-0.2, -0.15) is 0 Å². The second-order valence-corrected chi connectivity index (χ2v) is 6.25. The largest absolute Gasteiger partial charge is 0.497 e. The van der Waals surface area contributed by atoms with Crippen molar-refractivity contribution in [1.29, 1.82) is 0 Å². The zero-order chi connectivity index (χ0) is 18.4. The molecule has 0 heterocycles. The summed E-state index contributed by atoms with van der Waals surface area (Å²) in [4.78, 5) is 16.6. The number of aliphatic imine (C=N–C) groups is 1. The lowest BCUT2D eigenvalue weighted by Gasteiger charge is -2.05. The third-order valence-corrected chi connectivity index (χ3v) is 4.29. The van der Waals surface area contributed by atoms with E-state index in [-0.39, 0.29) is 0 Å². The van der Waals surface area contributed by atoms with Gasteiger partial charge < -0.3 is 9.47 Å². The number of halogens is 1. The first-order chi connectivity index (χ1) is 12.7. The molecule has 0 radical (unpaired) electrons. The summed E-state index contributed by atoms with van der Waals surface area (Å²) in [6.45, 7) is 0. The van der Waals surface area contributed by atoms with E-state index in [1.165, 1.54) is 0 Å². The van der Waals surface area contributed by atoms with Crippen molar-refractivity contribution in [3.05, 3.63) is 88.4 Å². The molecule has 0 N–H and O–H groups in total. The normalized spacial score (nSPS) is 10.7. The number of para-hydroxylation sites is 1. The minimum Gasteiger partial charge on any atom is -0.497 e. The van der Waals surface area contributed by atoms with Gasteiger partial charge in [0.1, 0.15) is 11.5 Å². The summed E-state index contributed by atoms with van der Waals surface area (Å²) in [5.74, 6) is 0.751. The third kappa shape index (κ3) is 4.58. The molecule has 4 nitrogen and oxygen atoms in total. The highest BCUT2D eigenvalue weighted by Crippen LogP contribution is 2.24. The van der Waals surface area contributed by atoms with Crippen LogP contribution >= 0.6 is 15.9 Å². The van der Waals surface area contributed by atoms with Crippen molar-refractivity contribution in [2.45, 2.75) is 0 Å². The van der Waals surface area contributed by atoms with E-state index in [1.807, 2.05) is 36.4 Å². The summed E-state index contributed by atoms with van der Waals surface area (Å²) in [7, 11) is 1.58. The molecule has 0 saturated heterocycles. The van der Waals surface area contributed by atoms with E-state index in [0.717, 1.165) is 15.7 Å². The van der Waals surface area contributed by atoms with Gasteiger partial charge in [-0.15, -0.1) is 0 Å². The van der Waals surface area contributed by atoms with E-state index in [4.69, 9.17) is 9.47 Å². The van der Waals surface area contributed by atoms with Crippen molar-refractivity contribution in [3.63, 3.8) is 0 Å². The molecule has 0 spiro atoms. The molecule has 0 aliphatic carbocycles. The zero-order valence-electron chi connectivity index (χ0n) is 14.1. The second kappa shape index (κ2) is 8.45. The number of carbonyl (C=O) groups is 1. The van der Waals surface area contributed by atoms with Gasteiger partial charge >= 0.3 is 5.97 Å². The molecule has 0 saturated carbocycles. The predicted octanol–water partition coefficient (Wildman–Crippen LogP) is 5.43. The van der Waals surface area contributed by atoms with Crippen LogP contribution in [0.15, 0.2) is 82.3 Å². The summed E-state index contributed by atoms with van der Waals surface area (Å²) >= 11 is 3.46. The smallest absolute Gasteiger partial charge is 0.343 e. The van der Waals surface area contributed by atoms with Crippen molar-refractivity contribution in [2.24, 2.45) is 4.99 Å². The average Bonchev–Trinajstić information content (AvgIpc) is 2.68. The highest BCUT2D eigenvalue weighted by atomic mass is 79.9. The van der Waals surface area contributed by atoms with Gasteiger partial charge in [0.15, 0.2) is 0 Å². The second-order valence-electron chi connectivity index (χ2n) is 5.40. The van der Waals surface area contributed by atoms with Crippen LogP contribution in [0.4, 0.5) is 5.69 Å². The maximum Gasteiger partial charge on any atom is 0.343 e. The minimum atomic E-state index is -0.415. The number of methoxy groups -OCH3 is 1. The van der Waals surface area contributed by atoms with Gasteiger partial charge in [0.2, 0.25) is 0 Å². The molecule has 3 rings (SSSR count). The van der Waals surface area contributed by atoms with Crippen molar-refractivity contribution in [1.82, 2.24) is 0 Å². The number of rotatable bonds is 5. The number of nitrogens with zero attached hydrogens (tertiary/aromatic N) is 1. The quantitative estimate of drug-likeness (QED) is 0.320.